The van der Waals surface area contributed by atoms with Gasteiger partial charge in [-0.1, -0.05) is 35.5 Å². The molecule has 7 nitrogen and oxygen atoms in total. The van der Waals surface area contributed by atoms with Crippen LogP contribution in [-0.2, 0) is 4.79 Å². The molecule has 28 heavy (non-hydrogen) atoms. The average molecular weight is 435 g/mol. The minimum absolute atomic E-state index is 0.0800. The third-order valence-corrected chi connectivity index (χ3v) is 6.57. The van der Waals surface area contributed by atoms with E-state index in [0.717, 1.165) is 28.7 Å². The fourth-order valence-corrected chi connectivity index (χ4v) is 4.70. The second-order valence-electron chi connectivity index (χ2n) is 6.29. The number of thiophene rings is 1. The molecule has 1 aliphatic heterocycles. The number of anilines is 1. The maximum atomic E-state index is 12.6. The van der Waals surface area contributed by atoms with Gasteiger partial charge in [0.2, 0.25) is 11.1 Å². The summed E-state index contributed by atoms with van der Waals surface area (Å²) in [6, 6.07) is 11.7. The molecule has 3 heterocycles. The first-order chi connectivity index (χ1) is 13.6. The van der Waals surface area contributed by atoms with Gasteiger partial charge in [0.1, 0.15) is 0 Å². The minimum Gasteiger partial charge on any atom is -0.368 e. The molecule has 1 fully saturated rings. The summed E-state index contributed by atoms with van der Waals surface area (Å²) in [4.78, 5) is 17.7. The van der Waals surface area contributed by atoms with Crippen LogP contribution in [0.3, 0.4) is 0 Å². The molecule has 0 bridgehead atoms. The first kappa shape index (κ1) is 19.1. The molecule has 4 rings (SSSR count). The van der Waals surface area contributed by atoms with Crippen LogP contribution in [0, 0.1) is 0 Å². The van der Waals surface area contributed by atoms with E-state index in [9.17, 15) is 4.79 Å². The Morgan fingerprint density at radius 2 is 2.00 bits per heavy atom. The van der Waals surface area contributed by atoms with E-state index < -0.39 is 0 Å². The molecule has 0 spiro atoms. The minimum atomic E-state index is 0.0800. The lowest BCUT2D eigenvalue weighted by molar-refractivity contribution is -0.128. The molecule has 10 heteroatoms. The zero-order valence-electron chi connectivity index (χ0n) is 15.0. The topological polar surface area (TPSA) is 80.3 Å². The summed E-state index contributed by atoms with van der Waals surface area (Å²) < 4.78 is 1.45. The van der Waals surface area contributed by atoms with Crippen molar-refractivity contribution >= 4 is 46.3 Å². The zero-order valence-corrected chi connectivity index (χ0v) is 17.4. The molecule has 146 valence electrons. The number of piperazine rings is 1. The second kappa shape index (κ2) is 8.42. The highest BCUT2D eigenvalue weighted by molar-refractivity contribution is 7.99. The van der Waals surface area contributed by atoms with E-state index in [-0.39, 0.29) is 11.7 Å². The number of halogens is 1. The van der Waals surface area contributed by atoms with E-state index in [1.807, 2.05) is 46.7 Å². The largest absolute Gasteiger partial charge is 0.368 e. The Bertz CT molecular complexity index is 953. The standard InChI is InChI=1S/C18H19ClN6OS2/c19-13-3-1-4-14(11-13)23-6-8-24(9-7-23)16(26)12-28-18-22-21-17(25(18)20)15-5-2-10-27-15/h1-5,10-11H,6-9,12,20H2. The van der Waals surface area contributed by atoms with Crippen molar-refractivity contribution in [1.29, 1.82) is 0 Å². The molecule has 1 aromatic carbocycles. The summed E-state index contributed by atoms with van der Waals surface area (Å²) in [7, 11) is 0. The maximum absolute atomic E-state index is 12.6. The van der Waals surface area contributed by atoms with Gasteiger partial charge in [-0.15, -0.1) is 21.5 Å². The molecule has 1 aliphatic rings. The highest BCUT2D eigenvalue weighted by Gasteiger charge is 2.22. The number of hydrogen-bond acceptors (Lipinski definition) is 7. The van der Waals surface area contributed by atoms with Crippen LogP contribution in [0.2, 0.25) is 5.02 Å². The Hall–Kier alpha value is -2.23. The molecule has 1 saturated heterocycles. The van der Waals surface area contributed by atoms with Crippen LogP contribution < -0.4 is 10.7 Å². The third kappa shape index (κ3) is 4.11. The van der Waals surface area contributed by atoms with Crippen molar-refractivity contribution in [2.45, 2.75) is 5.16 Å². The summed E-state index contributed by atoms with van der Waals surface area (Å²) in [6.45, 7) is 2.93. The van der Waals surface area contributed by atoms with Gasteiger partial charge in [-0.05, 0) is 29.6 Å². The van der Waals surface area contributed by atoms with Crippen LogP contribution in [0.4, 0.5) is 5.69 Å². The first-order valence-corrected chi connectivity index (χ1v) is 11.0. The quantitative estimate of drug-likeness (QED) is 0.491. The summed E-state index contributed by atoms with van der Waals surface area (Å²) in [5, 5.41) is 11.5. The van der Waals surface area contributed by atoms with Gasteiger partial charge in [0.15, 0.2) is 5.82 Å². The Labute approximate surface area is 176 Å². The highest BCUT2D eigenvalue weighted by Crippen LogP contribution is 2.25. The summed E-state index contributed by atoms with van der Waals surface area (Å²) in [5.74, 6) is 7.07. The number of nitrogens with zero attached hydrogens (tertiary/aromatic N) is 5. The van der Waals surface area contributed by atoms with Gasteiger partial charge in [0.05, 0.1) is 10.6 Å². The predicted molar refractivity (Wildman–Crippen MR) is 114 cm³/mol. The van der Waals surface area contributed by atoms with E-state index in [0.29, 0.717) is 24.1 Å². The number of amides is 1. The zero-order chi connectivity index (χ0) is 19.5. The van der Waals surface area contributed by atoms with Crippen LogP contribution in [-0.4, -0.2) is 57.6 Å². The number of nitrogen functional groups attached to an aromatic ring is 1. The van der Waals surface area contributed by atoms with E-state index >= 15 is 0 Å². The fraction of sp³-hybridized carbons (Fsp3) is 0.278. The summed E-state index contributed by atoms with van der Waals surface area (Å²) in [6.07, 6.45) is 0. The predicted octanol–water partition coefficient (Wildman–Crippen LogP) is 2.81. The van der Waals surface area contributed by atoms with Gasteiger partial charge in [0, 0.05) is 36.9 Å². The van der Waals surface area contributed by atoms with E-state index in [4.69, 9.17) is 17.4 Å². The Morgan fingerprint density at radius 3 is 2.71 bits per heavy atom. The molecule has 0 saturated carbocycles. The van der Waals surface area contributed by atoms with Crippen molar-refractivity contribution in [1.82, 2.24) is 19.8 Å². The number of benzene rings is 1. The first-order valence-electron chi connectivity index (χ1n) is 8.77. The molecule has 0 aliphatic carbocycles. The van der Waals surface area contributed by atoms with Crippen molar-refractivity contribution < 1.29 is 4.79 Å². The molecule has 0 radical (unpaired) electrons. The van der Waals surface area contributed by atoms with Crippen LogP contribution in [0.15, 0.2) is 46.9 Å². The average Bonchev–Trinajstić information content (AvgIpc) is 3.36. The van der Waals surface area contributed by atoms with Crippen molar-refractivity contribution in [3.63, 3.8) is 0 Å². The molecule has 2 aromatic heterocycles. The van der Waals surface area contributed by atoms with E-state index in [1.54, 1.807) is 11.3 Å². The van der Waals surface area contributed by atoms with Crippen LogP contribution in [0.5, 0.6) is 0 Å². The summed E-state index contributed by atoms with van der Waals surface area (Å²) in [5.41, 5.74) is 1.09. The number of nitrogens with two attached hydrogens (primary N) is 1. The fourth-order valence-electron chi connectivity index (χ4n) is 3.05. The lowest BCUT2D eigenvalue weighted by atomic mass is 10.2. The third-order valence-electron chi connectivity index (χ3n) is 4.54. The lowest BCUT2D eigenvalue weighted by Gasteiger charge is -2.36. The number of carbonyl (C=O) groups excluding carboxylic acids is 1. The number of rotatable bonds is 5. The second-order valence-corrected chi connectivity index (χ2v) is 8.62. The van der Waals surface area contributed by atoms with Crippen molar-refractivity contribution in [3.8, 4) is 10.7 Å². The molecule has 0 atom stereocenters. The molecule has 2 N–H and O–H groups in total. The Kier molecular flexibility index (Phi) is 5.74. The van der Waals surface area contributed by atoms with Gasteiger partial charge in [-0.2, -0.15) is 0 Å². The molecular formula is C18H19ClN6OS2. The van der Waals surface area contributed by atoms with Gasteiger partial charge in [0.25, 0.3) is 0 Å². The van der Waals surface area contributed by atoms with Crippen LogP contribution in [0.25, 0.3) is 10.7 Å². The van der Waals surface area contributed by atoms with Gasteiger partial charge in [-0.3, -0.25) is 4.79 Å². The van der Waals surface area contributed by atoms with Crippen LogP contribution >= 0.6 is 34.7 Å². The molecular weight excluding hydrogens is 416 g/mol. The van der Waals surface area contributed by atoms with E-state index in [1.165, 1.54) is 16.4 Å². The van der Waals surface area contributed by atoms with Crippen LogP contribution in [0.1, 0.15) is 0 Å². The number of carbonyl (C=O) groups is 1. The summed E-state index contributed by atoms with van der Waals surface area (Å²) >= 11 is 8.94. The maximum Gasteiger partial charge on any atom is 0.233 e. The molecule has 1 amide bonds. The van der Waals surface area contributed by atoms with Gasteiger partial charge >= 0.3 is 0 Å². The Morgan fingerprint density at radius 1 is 1.18 bits per heavy atom. The normalized spacial score (nSPS) is 14.5. The number of hydrogen-bond donors (Lipinski definition) is 1. The monoisotopic (exact) mass is 434 g/mol. The van der Waals surface area contributed by atoms with Gasteiger partial charge < -0.3 is 15.6 Å². The molecule has 0 unspecified atom stereocenters. The Balaban J connectivity index is 1.31. The molecule has 3 aromatic rings. The highest BCUT2D eigenvalue weighted by atomic mass is 35.5. The number of aromatic nitrogens is 3. The van der Waals surface area contributed by atoms with E-state index in [2.05, 4.69) is 15.1 Å². The van der Waals surface area contributed by atoms with Crippen molar-refractivity contribution in [2.24, 2.45) is 0 Å². The number of thioether (sulfide) groups is 1. The van der Waals surface area contributed by atoms with Gasteiger partial charge in [-0.25, -0.2) is 4.68 Å². The lowest BCUT2D eigenvalue weighted by Crippen LogP contribution is -2.49. The van der Waals surface area contributed by atoms with Crippen molar-refractivity contribution in [2.75, 3.05) is 42.7 Å². The van der Waals surface area contributed by atoms with Crippen molar-refractivity contribution in [3.05, 3.63) is 46.8 Å². The SMILES string of the molecule is Nn1c(SCC(=O)N2CCN(c3cccc(Cl)c3)CC2)nnc1-c1cccs1. The smallest absolute Gasteiger partial charge is 0.233 e.